The highest BCUT2D eigenvalue weighted by atomic mass is 16.6. The SMILES string of the molecule is O=C1C(=O)N(Cc2ccccc2)[C@H](c2cccc(Oc3ccccc3)c2)C1=C(O)c1ccc2c(c1)OCCO2. The van der Waals surface area contributed by atoms with E-state index in [1.807, 2.05) is 66.7 Å². The third kappa shape index (κ3) is 4.82. The molecule has 1 N–H and O–H groups in total. The number of hydrogen-bond acceptors (Lipinski definition) is 6. The molecule has 39 heavy (non-hydrogen) atoms. The van der Waals surface area contributed by atoms with Gasteiger partial charge in [-0.15, -0.1) is 0 Å². The fourth-order valence-corrected chi connectivity index (χ4v) is 4.89. The highest BCUT2D eigenvalue weighted by Gasteiger charge is 2.46. The predicted molar refractivity (Wildman–Crippen MR) is 145 cm³/mol. The molecular weight excluding hydrogens is 494 g/mol. The van der Waals surface area contributed by atoms with Crippen molar-refractivity contribution in [1.82, 2.24) is 4.90 Å². The van der Waals surface area contributed by atoms with Crippen LogP contribution in [0.25, 0.3) is 5.76 Å². The Balaban J connectivity index is 1.45. The number of benzene rings is 4. The summed E-state index contributed by atoms with van der Waals surface area (Å²) >= 11 is 0. The van der Waals surface area contributed by atoms with Crippen molar-refractivity contribution in [2.24, 2.45) is 0 Å². The lowest BCUT2D eigenvalue weighted by atomic mass is 9.94. The summed E-state index contributed by atoms with van der Waals surface area (Å²) in [6.45, 7) is 1.01. The Morgan fingerprint density at radius 3 is 2.26 bits per heavy atom. The molecule has 6 rings (SSSR count). The van der Waals surface area contributed by atoms with E-state index >= 15 is 0 Å². The Morgan fingerprint density at radius 2 is 1.49 bits per heavy atom. The molecule has 2 heterocycles. The Morgan fingerprint density at radius 1 is 0.795 bits per heavy atom. The Hall–Kier alpha value is -5.04. The molecule has 1 fully saturated rings. The van der Waals surface area contributed by atoms with Gasteiger partial charge in [0.25, 0.3) is 11.7 Å². The maximum absolute atomic E-state index is 13.5. The molecule has 0 aliphatic carbocycles. The average Bonchev–Trinajstić information content (AvgIpc) is 3.22. The standard InChI is InChI=1S/C32H25NO6/c34-30(23-14-15-26-27(19-23)38-17-16-37-26)28-29(33(32(36)31(28)35)20-21-8-3-1-4-9-21)22-10-7-13-25(18-22)39-24-11-5-2-6-12-24/h1-15,18-19,29,34H,16-17,20H2/t29-/m1/s1. The monoisotopic (exact) mass is 519 g/mol. The van der Waals surface area contributed by atoms with Crippen molar-refractivity contribution in [2.75, 3.05) is 13.2 Å². The minimum Gasteiger partial charge on any atom is -0.507 e. The van der Waals surface area contributed by atoms with Crippen LogP contribution in [0.5, 0.6) is 23.0 Å². The highest BCUT2D eigenvalue weighted by Crippen LogP contribution is 2.42. The zero-order valence-corrected chi connectivity index (χ0v) is 20.9. The van der Waals surface area contributed by atoms with Crippen molar-refractivity contribution < 1.29 is 28.9 Å². The van der Waals surface area contributed by atoms with E-state index in [1.54, 1.807) is 36.4 Å². The van der Waals surface area contributed by atoms with Crippen molar-refractivity contribution in [1.29, 1.82) is 0 Å². The Kier molecular flexibility index (Phi) is 6.47. The third-order valence-corrected chi connectivity index (χ3v) is 6.70. The predicted octanol–water partition coefficient (Wildman–Crippen LogP) is 5.87. The van der Waals surface area contributed by atoms with Crippen LogP contribution in [0.3, 0.4) is 0 Å². The maximum atomic E-state index is 13.5. The average molecular weight is 520 g/mol. The molecule has 0 radical (unpaired) electrons. The normalized spacial score (nSPS) is 17.7. The van der Waals surface area contributed by atoms with E-state index in [0.29, 0.717) is 47.3 Å². The molecule has 194 valence electrons. The van der Waals surface area contributed by atoms with Gasteiger partial charge in [-0.1, -0.05) is 60.7 Å². The molecule has 0 aromatic heterocycles. The quantitative estimate of drug-likeness (QED) is 0.195. The van der Waals surface area contributed by atoms with E-state index in [-0.39, 0.29) is 17.9 Å². The number of carbonyl (C=O) groups is 2. The summed E-state index contributed by atoms with van der Waals surface area (Å²) in [5.41, 5.74) is 1.86. The van der Waals surface area contributed by atoms with Gasteiger partial charge in [0.2, 0.25) is 0 Å². The molecule has 4 aromatic carbocycles. The summed E-state index contributed by atoms with van der Waals surface area (Å²) in [4.78, 5) is 28.4. The number of rotatable bonds is 6. The number of aliphatic hydroxyl groups is 1. The van der Waals surface area contributed by atoms with Crippen molar-refractivity contribution in [3.63, 3.8) is 0 Å². The number of carbonyl (C=O) groups excluding carboxylic acids is 2. The molecule has 1 saturated heterocycles. The second-order valence-electron chi connectivity index (χ2n) is 9.26. The van der Waals surface area contributed by atoms with E-state index in [4.69, 9.17) is 14.2 Å². The zero-order chi connectivity index (χ0) is 26.8. The zero-order valence-electron chi connectivity index (χ0n) is 20.9. The lowest BCUT2D eigenvalue weighted by Crippen LogP contribution is -2.29. The molecule has 1 amide bonds. The first-order valence-corrected chi connectivity index (χ1v) is 12.6. The summed E-state index contributed by atoms with van der Waals surface area (Å²) in [6, 6.07) is 30.1. The van der Waals surface area contributed by atoms with E-state index < -0.39 is 17.7 Å². The van der Waals surface area contributed by atoms with Gasteiger partial charge in [0, 0.05) is 12.1 Å². The third-order valence-electron chi connectivity index (χ3n) is 6.70. The van der Waals surface area contributed by atoms with E-state index in [1.165, 1.54) is 4.90 Å². The molecule has 2 aliphatic heterocycles. The Bertz CT molecular complexity index is 1560. The van der Waals surface area contributed by atoms with Crippen LogP contribution in [0.2, 0.25) is 0 Å². The fraction of sp³-hybridized carbons (Fsp3) is 0.125. The smallest absolute Gasteiger partial charge is 0.295 e. The molecule has 1 atom stereocenters. The molecule has 7 nitrogen and oxygen atoms in total. The van der Waals surface area contributed by atoms with Gasteiger partial charge in [-0.2, -0.15) is 0 Å². The minimum atomic E-state index is -0.835. The number of likely N-dealkylation sites (tertiary alicyclic amines) is 1. The van der Waals surface area contributed by atoms with Crippen LogP contribution in [0.15, 0.2) is 109 Å². The lowest BCUT2D eigenvalue weighted by Gasteiger charge is -2.26. The maximum Gasteiger partial charge on any atom is 0.295 e. The van der Waals surface area contributed by atoms with Crippen LogP contribution < -0.4 is 14.2 Å². The molecule has 0 spiro atoms. The van der Waals surface area contributed by atoms with Gasteiger partial charge in [0.05, 0.1) is 11.6 Å². The Labute approximate surface area is 225 Å². The van der Waals surface area contributed by atoms with Gasteiger partial charge in [0.15, 0.2) is 11.5 Å². The van der Waals surface area contributed by atoms with Crippen LogP contribution in [-0.4, -0.2) is 34.9 Å². The fourth-order valence-electron chi connectivity index (χ4n) is 4.89. The number of amides is 1. The van der Waals surface area contributed by atoms with Gasteiger partial charge in [-0.3, -0.25) is 9.59 Å². The molecule has 0 unspecified atom stereocenters. The van der Waals surface area contributed by atoms with Crippen LogP contribution in [0.1, 0.15) is 22.7 Å². The molecule has 2 aliphatic rings. The van der Waals surface area contributed by atoms with Crippen molar-refractivity contribution in [3.8, 4) is 23.0 Å². The largest absolute Gasteiger partial charge is 0.507 e. The topological polar surface area (TPSA) is 85.3 Å². The first kappa shape index (κ1) is 24.3. The van der Waals surface area contributed by atoms with E-state index in [0.717, 1.165) is 5.56 Å². The molecule has 7 heteroatoms. The van der Waals surface area contributed by atoms with Gasteiger partial charge >= 0.3 is 0 Å². The number of Topliss-reactive ketones (excluding diaryl/α,β-unsaturated/α-hetero) is 1. The van der Waals surface area contributed by atoms with E-state index in [2.05, 4.69) is 0 Å². The summed E-state index contributed by atoms with van der Waals surface area (Å²) in [7, 11) is 0. The molecular formula is C32H25NO6. The summed E-state index contributed by atoms with van der Waals surface area (Å²) in [5.74, 6) is 0.520. The number of ether oxygens (including phenoxy) is 3. The van der Waals surface area contributed by atoms with Gasteiger partial charge < -0.3 is 24.2 Å². The summed E-state index contributed by atoms with van der Waals surface area (Å²) in [5, 5.41) is 11.5. The first-order valence-electron chi connectivity index (χ1n) is 12.6. The second kappa shape index (κ2) is 10.4. The minimum absolute atomic E-state index is 0.00414. The van der Waals surface area contributed by atoms with Crippen LogP contribution in [-0.2, 0) is 16.1 Å². The van der Waals surface area contributed by atoms with Crippen molar-refractivity contribution in [2.45, 2.75) is 12.6 Å². The van der Waals surface area contributed by atoms with Gasteiger partial charge in [-0.05, 0) is 53.6 Å². The number of ketones is 1. The summed E-state index contributed by atoms with van der Waals surface area (Å²) < 4.78 is 17.3. The molecule has 0 saturated carbocycles. The molecule has 0 bridgehead atoms. The highest BCUT2D eigenvalue weighted by molar-refractivity contribution is 6.46. The number of aliphatic hydroxyl groups excluding tert-OH is 1. The number of hydrogen-bond donors (Lipinski definition) is 1. The van der Waals surface area contributed by atoms with Crippen molar-refractivity contribution in [3.05, 3.63) is 125 Å². The molecule has 4 aromatic rings. The van der Waals surface area contributed by atoms with E-state index in [9.17, 15) is 14.7 Å². The number of fused-ring (bicyclic) bond motifs is 1. The van der Waals surface area contributed by atoms with Crippen LogP contribution in [0.4, 0.5) is 0 Å². The lowest BCUT2D eigenvalue weighted by molar-refractivity contribution is -0.140. The van der Waals surface area contributed by atoms with Crippen LogP contribution in [0, 0.1) is 0 Å². The summed E-state index contributed by atoms with van der Waals surface area (Å²) in [6.07, 6.45) is 0. The number of para-hydroxylation sites is 1. The second-order valence-corrected chi connectivity index (χ2v) is 9.26. The van der Waals surface area contributed by atoms with Crippen molar-refractivity contribution >= 4 is 17.4 Å². The van der Waals surface area contributed by atoms with Gasteiger partial charge in [-0.25, -0.2) is 0 Å². The number of nitrogens with zero attached hydrogens (tertiary/aromatic N) is 1. The first-order chi connectivity index (χ1) is 19.1. The van der Waals surface area contributed by atoms with Gasteiger partial charge in [0.1, 0.15) is 30.5 Å². The van der Waals surface area contributed by atoms with Crippen LogP contribution >= 0.6 is 0 Å².